The number of nitrogens with one attached hydrogen (secondary N) is 2. The van der Waals surface area contributed by atoms with E-state index in [1.165, 1.54) is 0 Å². The van der Waals surface area contributed by atoms with Crippen LogP contribution in [0.15, 0.2) is 54.7 Å². The number of halogens is 1. The molecule has 0 bridgehead atoms. The third-order valence-electron chi connectivity index (χ3n) is 4.12. The first-order chi connectivity index (χ1) is 13.4. The minimum atomic E-state index is -0.324. The summed E-state index contributed by atoms with van der Waals surface area (Å²) < 4.78 is 1.67. The molecule has 0 aliphatic rings. The van der Waals surface area contributed by atoms with Crippen LogP contribution in [0.25, 0.3) is 0 Å². The number of benzene rings is 2. The first-order valence-corrected chi connectivity index (χ1v) is 9.21. The van der Waals surface area contributed by atoms with Crippen molar-refractivity contribution in [2.75, 3.05) is 11.9 Å². The van der Waals surface area contributed by atoms with Gasteiger partial charge < -0.3 is 10.6 Å². The van der Waals surface area contributed by atoms with Crippen molar-refractivity contribution in [2.24, 2.45) is 0 Å². The Hall–Kier alpha value is -3.12. The molecule has 0 unspecified atom stereocenters. The van der Waals surface area contributed by atoms with Gasteiger partial charge in [-0.3, -0.25) is 9.59 Å². The molecule has 3 aromatic rings. The minimum absolute atomic E-state index is 0.127. The fraction of sp³-hybridized carbons (Fsp3) is 0.190. The van der Waals surface area contributed by atoms with E-state index in [4.69, 9.17) is 11.6 Å². The second-order valence-corrected chi connectivity index (χ2v) is 7.04. The van der Waals surface area contributed by atoms with Gasteiger partial charge in [-0.15, -0.1) is 0 Å². The Kier molecular flexibility index (Phi) is 6.11. The van der Waals surface area contributed by atoms with Crippen molar-refractivity contribution in [3.8, 4) is 0 Å². The smallest absolute Gasteiger partial charge is 0.251 e. The van der Waals surface area contributed by atoms with Gasteiger partial charge in [0.2, 0.25) is 5.91 Å². The van der Waals surface area contributed by atoms with Crippen LogP contribution in [-0.2, 0) is 11.3 Å². The normalized spacial score (nSPS) is 10.5. The molecule has 2 amide bonds. The van der Waals surface area contributed by atoms with Crippen LogP contribution in [0.5, 0.6) is 0 Å². The van der Waals surface area contributed by atoms with E-state index in [2.05, 4.69) is 15.7 Å². The number of nitrogens with zero attached hydrogens (tertiary/aromatic N) is 2. The second-order valence-electron chi connectivity index (χ2n) is 6.61. The molecule has 0 spiro atoms. The van der Waals surface area contributed by atoms with Crippen LogP contribution in [0.1, 0.15) is 27.0 Å². The monoisotopic (exact) mass is 396 g/mol. The van der Waals surface area contributed by atoms with E-state index in [-0.39, 0.29) is 18.4 Å². The lowest BCUT2D eigenvalue weighted by atomic mass is 10.1. The number of aryl methyl sites for hydroxylation is 2. The second kappa shape index (κ2) is 8.71. The number of carbonyl (C=O) groups excluding carboxylic acids is 2. The number of anilines is 1. The molecule has 0 fully saturated rings. The molecule has 0 aliphatic heterocycles. The highest BCUT2D eigenvalue weighted by Crippen LogP contribution is 2.13. The van der Waals surface area contributed by atoms with Crippen molar-refractivity contribution in [3.63, 3.8) is 0 Å². The van der Waals surface area contributed by atoms with Crippen molar-refractivity contribution in [2.45, 2.75) is 20.4 Å². The topological polar surface area (TPSA) is 76.0 Å². The van der Waals surface area contributed by atoms with Gasteiger partial charge in [0.25, 0.3) is 5.91 Å². The average Bonchev–Trinajstić information content (AvgIpc) is 3.07. The Labute approximate surface area is 168 Å². The fourth-order valence-electron chi connectivity index (χ4n) is 2.88. The van der Waals surface area contributed by atoms with Gasteiger partial charge in [0.1, 0.15) is 5.82 Å². The lowest BCUT2D eigenvalue weighted by molar-refractivity contribution is -0.115. The zero-order chi connectivity index (χ0) is 20.1. The highest BCUT2D eigenvalue weighted by molar-refractivity contribution is 6.30. The molecule has 28 heavy (non-hydrogen) atoms. The van der Waals surface area contributed by atoms with Crippen molar-refractivity contribution >= 4 is 29.2 Å². The number of rotatable bonds is 6. The fourth-order valence-corrected chi connectivity index (χ4v) is 3.01. The van der Waals surface area contributed by atoms with Crippen LogP contribution in [0, 0.1) is 13.8 Å². The molecule has 0 aliphatic carbocycles. The SMILES string of the molecule is Cc1cc(C)cc(C(=O)NCC(=O)Nc2ccnn2Cc2ccc(Cl)cc2)c1. The Balaban J connectivity index is 1.57. The van der Waals surface area contributed by atoms with E-state index >= 15 is 0 Å². The summed E-state index contributed by atoms with van der Waals surface area (Å²) in [6, 6.07) is 14.7. The molecule has 0 radical (unpaired) electrons. The quantitative estimate of drug-likeness (QED) is 0.668. The molecule has 0 atom stereocenters. The maximum absolute atomic E-state index is 12.3. The first kappa shape index (κ1) is 19.6. The summed E-state index contributed by atoms with van der Waals surface area (Å²) in [6.45, 7) is 4.23. The lowest BCUT2D eigenvalue weighted by Gasteiger charge is -2.10. The molecule has 2 aromatic carbocycles. The third-order valence-corrected chi connectivity index (χ3v) is 4.37. The summed E-state index contributed by atoms with van der Waals surface area (Å²) in [5, 5.41) is 10.3. The number of amides is 2. The van der Waals surface area contributed by atoms with Gasteiger partial charge in [0.05, 0.1) is 19.3 Å². The summed E-state index contributed by atoms with van der Waals surface area (Å²) in [5.41, 5.74) is 3.55. The van der Waals surface area contributed by atoms with Crippen LogP contribution in [-0.4, -0.2) is 28.1 Å². The largest absolute Gasteiger partial charge is 0.343 e. The molecule has 2 N–H and O–H groups in total. The average molecular weight is 397 g/mol. The van der Waals surface area contributed by atoms with Crippen LogP contribution in [0.3, 0.4) is 0 Å². The summed E-state index contributed by atoms with van der Waals surface area (Å²) in [7, 11) is 0. The van der Waals surface area contributed by atoms with Crippen LogP contribution in [0.4, 0.5) is 5.82 Å². The van der Waals surface area contributed by atoms with Gasteiger partial charge >= 0.3 is 0 Å². The van der Waals surface area contributed by atoms with E-state index < -0.39 is 0 Å². The molecule has 0 saturated carbocycles. The predicted octanol–water partition coefficient (Wildman–Crippen LogP) is 3.57. The third kappa shape index (κ3) is 5.20. The maximum Gasteiger partial charge on any atom is 0.251 e. The number of hydrogen-bond donors (Lipinski definition) is 2. The molecular formula is C21H21ClN4O2. The summed E-state index contributed by atoms with van der Waals surface area (Å²) in [5.74, 6) is -0.0483. The van der Waals surface area contributed by atoms with Gasteiger partial charge in [-0.25, -0.2) is 4.68 Å². The number of carbonyl (C=O) groups is 2. The summed E-state index contributed by atoms with van der Waals surface area (Å²) >= 11 is 5.90. The zero-order valence-electron chi connectivity index (χ0n) is 15.7. The van der Waals surface area contributed by atoms with E-state index in [0.29, 0.717) is 22.9 Å². The van der Waals surface area contributed by atoms with Crippen molar-refractivity contribution in [3.05, 3.63) is 82.0 Å². The van der Waals surface area contributed by atoms with Crippen LogP contribution < -0.4 is 10.6 Å². The van der Waals surface area contributed by atoms with E-state index in [9.17, 15) is 9.59 Å². The van der Waals surface area contributed by atoms with Crippen LogP contribution >= 0.6 is 11.6 Å². The van der Waals surface area contributed by atoms with E-state index in [1.807, 2.05) is 32.0 Å². The molecule has 0 saturated heterocycles. The van der Waals surface area contributed by atoms with E-state index in [1.54, 1.807) is 41.2 Å². The molecule has 1 aromatic heterocycles. The van der Waals surface area contributed by atoms with Crippen LogP contribution in [0.2, 0.25) is 5.02 Å². The molecule has 7 heteroatoms. The summed E-state index contributed by atoms with van der Waals surface area (Å²) in [4.78, 5) is 24.5. The molecule has 3 rings (SSSR count). The van der Waals surface area contributed by atoms with Crippen molar-refractivity contribution in [1.82, 2.24) is 15.1 Å². The highest BCUT2D eigenvalue weighted by atomic mass is 35.5. The Morgan fingerprint density at radius 3 is 2.39 bits per heavy atom. The molecule has 6 nitrogen and oxygen atoms in total. The standard InChI is InChI=1S/C21H21ClN4O2/c1-14-9-15(2)11-17(10-14)21(28)23-12-20(27)25-19-7-8-24-26(19)13-16-3-5-18(22)6-4-16/h3-11H,12-13H2,1-2H3,(H,23,28)(H,25,27). The molecule has 1 heterocycles. The van der Waals surface area contributed by atoms with Crippen molar-refractivity contribution in [1.29, 1.82) is 0 Å². The van der Waals surface area contributed by atoms with Gasteiger partial charge in [-0.1, -0.05) is 40.9 Å². The first-order valence-electron chi connectivity index (χ1n) is 8.83. The Bertz CT molecular complexity index is 976. The molecule has 144 valence electrons. The van der Waals surface area contributed by atoms with Gasteiger partial charge in [0, 0.05) is 16.7 Å². The Morgan fingerprint density at radius 1 is 1.04 bits per heavy atom. The number of aromatic nitrogens is 2. The van der Waals surface area contributed by atoms with Crippen molar-refractivity contribution < 1.29 is 9.59 Å². The number of hydrogen-bond acceptors (Lipinski definition) is 3. The van der Waals surface area contributed by atoms with Gasteiger partial charge in [0.15, 0.2) is 0 Å². The zero-order valence-corrected chi connectivity index (χ0v) is 16.5. The van der Waals surface area contributed by atoms with Gasteiger partial charge in [-0.05, 0) is 43.7 Å². The lowest BCUT2D eigenvalue weighted by Crippen LogP contribution is -2.33. The molecular weight excluding hydrogens is 376 g/mol. The summed E-state index contributed by atoms with van der Waals surface area (Å²) in [6.07, 6.45) is 1.61. The van der Waals surface area contributed by atoms with Gasteiger partial charge in [-0.2, -0.15) is 5.10 Å². The Morgan fingerprint density at radius 2 is 1.71 bits per heavy atom. The van der Waals surface area contributed by atoms with E-state index in [0.717, 1.165) is 16.7 Å². The predicted molar refractivity (Wildman–Crippen MR) is 110 cm³/mol. The maximum atomic E-state index is 12.3. The minimum Gasteiger partial charge on any atom is -0.343 e. The highest BCUT2D eigenvalue weighted by Gasteiger charge is 2.11.